The maximum absolute atomic E-state index is 9.72. The Hall–Kier alpha value is -6.24. The predicted octanol–water partition coefficient (Wildman–Crippen LogP) is 13.6. The van der Waals surface area contributed by atoms with Gasteiger partial charge < -0.3 is 0 Å². The number of benzene rings is 10. The molecule has 0 aliphatic rings. The summed E-state index contributed by atoms with van der Waals surface area (Å²) in [5.74, 6) is 0. The Morgan fingerprint density at radius 2 is 0.833 bits per heavy atom. The Bertz CT molecular complexity index is 3930. The molecule has 0 saturated heterocycles. The second-order valence-corrected chi connectivity index (χ2v) is 11.3. The second-order valence-electron chi connectivity index (χ2n) is 11.3. The lowest BCUT2D eigenvalue weighted by Gasteiger charge is -2.18. The zero-order chi connectivity index (χ0) is 49.0. The van der Waals surface area contributed by atoms with Crippen LogP contribution in [0.25, 0.3) is 98.0 Å². The minimum Gasteiger partial charge on any atom is -0.0616 e. The first-order chi connectivity index (χ1) is 32.1. The van der Waals surface area contributed by atoms with Gasteiger partial charge in [-0.3, -0.25) is 0 Å². The molecule has 0 amide bonds. The molecule has 0 atom stereocenters. The fourth-order valence-electron chi connectivity index (χ4n) is 6.69. The second kappa shape index (κ2) is 10.7. The van der Waals surface area contributed by atoms with Crippen molar-refractivity contribution in [2.75, 3.05) is 0 Å². The first kappa shape index (κ1) is 13.9. The molecule has 0 aliphatic heterocycles. The van der Waals surface area contributed by atoms with Crippen molar-refractivity contribution in [1.82, 2.24) is 0 Å². The van der Waals surface area contributed by atoms with E-state index in [0.29, 0.717) is 11.1 Å². The molecule has 0 aliphatic carbocycles. The van der Waals surface area contributed by atoms with Crippen molar-refractivity contribution >= 4 is 64.6 Å². The van der Waals surface area contributed by atoms with Gasteiger partial charge in [-0.2, -0.15) is 0 Å². The smallest absolute Gasteiger partial charge is 0.0616 e. The summed E-state index contributed by atoms with van der Waals surface area (Å²) in [5.41, 5.74) is -1.15. The fraction of sp³-hybridized carbons (Fsp3) is 0. The van der Waals surface area contributed by atoms with Crippen LogP contribution in [0.2, 0.25) is 0 Å². The average Bonchev–Trinajstić information content (AvgIpc) is 3.31. The third kappa shape index (κ3) is 4.03. The SMILES string of the molecule is [2H]c1cc2c(-c3ccc4ccccc4c3)c3cc([2H])c([2H])c([2H])c3c(-c3c([2H])c([2H])c(-c4c([2H])c([2H])c([2H])c5c6cc([2H])c([2H])c([2H])c6c6c([2H])c([2H])c([2H])c([2H])c6c45)c([2H])c3[2H])c2c([2H])c1[2H]. The van der Waals surface area contributed by atoms with E-state index in [1.807, 2.05) is 36.4 Å². The van der Waals surface area contributed by atoms with E-state index in [9.17, 15) is 9.60 Å². The van der Waals surface area contributed by atoms with Crippen LogP contribution in [0.4, 0.5) is 0 Å². The lowest BCUT2D eigenvalue weighted by atomic mass is 9.85. The maximum Gasteiger partial charge on any atom is 0.0629 e. The van der Waals surface area contributed by atoms with Crippen molar-refractivity contribution in [3.05, 3.63) is 182 Å². The van der Waals surface area contributed by atoms with Crippen molar-refractivity contribution in [2.24, 2.45) is 0 Å². The first-order valence-electron chi connectivity index (χ1n) is 25.0. The molecular weight excluding hydrogens is 577 g/mol. The zero-order valence-electron chi connectivity index (χ0n) is 44.8. The average molecular weight is 627 g/mol. The summed E-state index contributed by atoms with van der Waals surface area (Å²) in [6.07, 6.45) is 0. The summed E-state index contributed by atoms with van der Waals surface area (Å²) < 4.78 is 181. The Kier molecular flexibility index (Phi) is 3.08. The minimum atomic E-state index is -0.865. The monoisotopic (exact) mass is 626 g/mol. The normalized spacial score (nSPS) is 17.6. The molecule has 0 N–H and O–H groups in total. The molecule has 10 aromatic carbocycles. The van der Waals surface area contributed by atoms with Crippen molar-refractivity contribution in [2.45, 2.75) is 0 Å². The van der Waals surface area contributed by atoms with Gasteiger partial charge in [0.25, 0.3) is 0 Å². The Balaban J connectivity index is 1.43. The molecule has 48 heavy (non-hydrogen) atoms. The van der Waals surface area contributed by atoms with Gasteiger partial charge in [0.15, 0.2) is 0 Å². The van der Waals surface area contributed by atoms with E-state index in [1.54, 1.807) is 6.07 Å². The van der Waals surface area contributed by atoms with Crippen LogP contribution in [0, 0.1) is 0 Å². The van der Waals surface area contributed by atoms with Gasteiger partial charge in [0.2, 0.25) is 0 Å². The van der Waals surface area contributed by atoms with E-state index in [1.165, 1.54) is 12.1 Å². The Morgan fingerprint density at radius 1 is 0.312 bits per heavy atom. The minimum absolute atomic E-state index is 0.140. The maximum atomic E-state index is 9.72. The summed E-state index contributed by atoms with van der Waals surface area (Å²) >= 11 is 0. The summed E-state index contributed by atoms with van der Waals surface area (Å²) in [7, 11) is 0. The highest BCUT2D eigenvalue weighted by molar-refractivity contribution is 6.28. The van der Waals surface area contributed by atoms with Crippen LogP contribution >= 0.6 is 0 Å². The zero-order valence-corrected chi connectivity index (χ0v) is 24.8. The topological polar surface area (TPSA) is 0 Å². The van der Waals surface area contributed by atoms with Gasteiger partial charge in [-0.25, -0.2) is 0 Å². The predicted molar refractivity (Wildman–Crippen MR) is 208 cm³/mol. The van der Waals surface area contributed by atoms with Crippen LogP contribution < -0.4 is 0 Å². The number of hydrogen-bond donors (Lipinski definition) is 0. The number of fused-ring (bicyclic) bond motifs is 9. The standard InChI is InChI=1S/C48H30/c1-2-13-34-30-35(29-24-31(34)12-1)47-44-20-9-7-18-42(44)46(43-19-8-10-21-45(43)47)33-27-25-32(26-28-33)36-22-11-23-41-39-15-4-3-14-37(39)38-16-5-6-17-40(38)48(36)41/h1-30H/i3D,4D,5D,6D,7D,8D,9D,10D,11D,14D,16D,17D,18D,19D,22D,23D,25D,26D,27D,28D. The largest absolute Gasteiger partial charge is 0.0629 e. The highest BCUT2D eigenvalue weighted by Crippen LogP contribution is 2.45. The van der Waals surface area contributed by atoms with E-state index >= 15 is 0 Å². The molecule has 10 aromatic rings. The van der Waals surface area contributed by atoms with Crippen LogP contribution in [0.15, 0.2) is 182 Å². The van der Waals surface area contributed by atoms with Crippen molar-refractivity contribution < 1.29 is 27.4 Å². The Morgan fingerprint density at radius 3 is 1.56 bits per heavy atom. The lowest BCUT2D eigenvalue weighted by molar-refractivity contribution is 1.64. The molecule has 0 spiro atoms. The third-order valence-corrected chi connectivity index (χ3v) is 8.77. The van der Waals surface area contributed by atoms with Gasteiger partial charge in [-0.1, -0.05) is 175 Å². The number of hydrogen-bond acceptors (Lipinski definition) is 0. The summed E-state index contributed by atoms with van der Waals surface area (Å²) in [6.45, 7) is 0. The summed E-state index contributed by atoms with van der Waals surface area (Å²) in [4.78, 5) is 0. The van der Waals surface area contributed by atoms with E-state index in [2.05, 4.69) is 0 Å². The fourth-order valence-corrected chi connectivity index (χ4v) is 6.69. The molecule has 0 unspecified atom stereocenters. The van der Waals surface area contributed by atoms with Crippen molar-refractivity contribution in [3.8, 4) is 33.4 Å². The van der Waals surface area contributed by atoms with E-state index in [0.717, 1.165) is 16.8 Å². The summed E-state index contributed by atoms with van der Waals surface area (Å²) in [6, 6.07) is 3.31. The Labute approximate surface area is 307 Å². The molecule has 0 radical (unpaired) electrons. The quantitative estimate of drug-likeness (QED) is 0.135. The highest BCUT2D eigenvalue weighted by Gasteiger charge is 2.18. The van der Waals surface area contributed by atoms with Crippen LogP contribution in [0.1, 0.15) is 27.4 Å². The molecular formula is C48H30. The van der Waals surface area contributed by atoms with Crippen molar-refractivity contribution in [1.29, 1.82) is 0 Å². The van der Waals surface area contributed by atoms with Gasteiger partial charge in [0, 0.05) is 0 Å². The van der Waals surface area contributed by atoms with Gasteiger partial charge in [-0.15, -0.1) is 0 Å². The molecule has 0 heterocycles. The van der Waals surface area contributed by atoms with E-state index in [-0.39, 0.29) is 66.1 Å². The van der Waals surface area contributed by atoms with Crippen LogP contribution in [-0.4, -0.2) is 0 Å². The van der Waals surface area contributed by atoms with E-state index in [4.69, 9.17) is 17.8 Å². The third-order valence-electron chi connectivity index (χ3n) is 8.77. The first-order valence-corrected chi connectivity index (χ1v) is 15.0. The number of rotatable bonds is 3. The van der Waals surface area contributed by atoms with E-state index < -0.39 is 131 Å². The summed E-state index contributed by atoms with van der Waals surface area (Å²) in [5, 5.41) is -0.170. The van der Waals surface area contributed by atoms with Gasteiger partial charge in [0.1, 0.15) is 0 Å². The lowest BCUT2D eigenvalue weighted by Crippen LogP contribution is -1.91. The van der Waals surface area contributed by atoms with Crippen molar-refractivity contribution in [3.63, 3.8) is 0 Å². The molecule has 10 rings (SSSR count). The molecule has 0 bridgehead atoms. The van der Waals surface area contributed by atoms with Crippen LogP contribution in [0.3, 0.4) is 0 Å². The molecule has 0 nitrogen and oxygen atoms in total. The molecule has 222 valence electrons. The molecule has 0 saturated carbocycles. The van der Waals surface area contributed by atoms with Gasteiger partial charge >= 0.3 is 0 Å². The molecule has 0 heteroatoms. The van der Waals surface area contributed by atoms with Gasteiger partial charge in [0.05, 0.1) is 27.4 Å². The molecule has 0 aromatic heterocycles. The van der Waals surface area contributed by atoms with Crippen LogP contribution in [-0.2, 0) is 0 Å². The van der Waals surface area contributed by atoms with Gasteiger partial charge in [-0.05, 0) is 104 Å². The molecule has 0 fully saturated rings. The van der Waals surface area contributed by atoms with Crippen LogP contribution in [0.5, 0.6) is 0 Å². The highest BCUT2D eigenvalue weighted by atomic mass is 14.2.